The number of ether oxygens (including phenoxy) is 2. The van der Waals surface area contributed by atoms with Gasteiger partial charge in [0.25, 0.3) is 0 Å². The maximum absolute atomic E-state index is 12.9. The van der Waals surface area contributed by atoms with Crippen LogP contribution in [0.4, 0.5) is 10.5 Å². The fourth-order valence-corrected chi connectivity index (χ4v) is 2.86. The molecule has 3 rings (SSSR count). The van der Waals surface area contributed by atoms with Crippen molar-refractivity contribution >= 4 is 17.9 Å². The second-order valence-electron chi connectivity index (χ2n) is 6.99. The van der Waals surface area contributed by atoms with E-state index in [4.69, 9.17) is 9.47 Å². The molecule has 130 valence electrons. The van der Waals surface area contributed by atoms with E-state index in [1.54, 1.807) is 12.0 Å². The van der Waals surface area contributed by atoms with Gasteiger partial charge in [-0.3, -0.25) is 4.90 Å². The molecule has 0 saturated carbocycles. The van der Waals surface area contributed by atoms with Gasteiger partial charge in [0.2, 0.25) is 0 Å². The molecule has 0 aliphatic carbocycles. The molecule has 2 aromatic carbocycles. The molecule has 0 unspecified atom stereocenters. The Morgan fingerprint density at radius 3 is 2.36 bits per heavy atom. The van der Waals surface area contributed by atoms with Crippen molar-refractivity contribution in [3.8, 4) is 5.75 Å². The third-order valence-corrected chi connectivity index (χ3v) is 3.98. The molecular formula is C21H23NO3. The van der Waals surface area contributed by atoms with Crippen molar-refractivity contribution in [2.75, 3.05) is 12.0 Å². The Kier molecular flexibility index (Phi) is 4.53. The van der Waals surface area contributed by atoms with E-state index in [0.29, 0.717) is 0 Å². The number of hydrogen-bond donors (Lipinski definition) is 0. The van der Waals surface area contributed by atoms with Gasteiger partial charge < -0.3 is 9.47 Å². The molecule has 0 bridgehead atoms. The van der Waals surface area contributed by atoms with Gasteiger partial charge in [0.1, 0.15) is 11.4 Å². The van der Waals surface area contributed by atoms with Crippen LogP contribution in [0.15, 0.2) is 54.6 Å². The van der Waals surface area contributed by atoms with Gasteiger partial charge >= 0.3 is 6.09 Å². The molecule has 4 nitrogen and oxygen atoms in total. The zero-order chi connectivity index (χ0) is 18.0. The summed E-state index contributed by atoms with van der Waals surface area (Å²) in [7, 11) is 1.64. The average molecular weight is 337 g/mol. The maximum Gasteiger partial charge on any atom is 0.415 e. The lowest BCUT2D eigenvalue weighted by molar-refractivity contribution is 0.0571. The quantitative estimate of drug-likeness (QED) is 0.755. The van der Waals surface area contributed by atoms with Gasteiger partial charge in [-0.1, -0.05) is 42.5 Å². The van der Waals surface area contributed by atoms with Crippen LogP contribution in [0.3, 0.4) is 0 Å². The second kappa shape index (κ2) is 6.63. The fraction of sp³-hybridized carbons (Fsp3) is 0.286. The summed E-state index contributed by atoms with van der Waals surface area (Å²) in [6.07, 6.45) is 3.71. The summed E-state index contributed by atoms with van der Waals surface area (Å²) in [5.74, 6) is 0.785. The summed E-state index contributed by atoms with van der Waals surface area (Å²) in [5.41, 5.74) is 2.29. The zero-order valence-corrected chi connectivity index (χ0v) is 15.0. The molecule has 0 saturated heterocycles. The molecule has 2 aromatic rings. The minimum Gasteiger partial charge on any atom is -0.497 e. The van der Waals surface area contributed by atoms with Crippen LogP contribution in [0.2, 0.25) is 0 Å². The van der Waals surface area contributed by atoms with Crippen LogP contribution in [0.25, 0.3) is 6.08 Å². The zero-order valence-electron chi connectivity index (χ0n) is 15.0. The van der Waals surface area contributed by atoms with Crippen molar-refractivity contribution < 1.29 is 14.3 Å². The first kappa shape index (κ1) is 17.1. The third-order valence-electron chi connectivity index (χ3n) is 3.98. The van der Waals surface area contributed by atoms with Crippen molar-refractivity contribution in [3.63, 3.8) is 0 Å². The van der Waals surface area contributed by atoms with Gasteiger partial charge in [0, 0.05) is 0 Å². The molecule has 0 fully saturated rings. The summed E-state index contributed by atoms with van der Waals surface area (Å²) >= 11 is 0. The number of methoxy groups -OCH3 is 1. The number of carbonyl (C=O) groups excluding carboxylic acids is 1. The first-order valence-corrected chi connectivity index (χ1v) is 8.32. The van der Waals surface area contributed by atoms with E-state index in [2.05, 4.69) is 0 Å². The second-order valence-corrected chi connectivity index (χ2v) is 6.99. The summed E-state index contributed by atoms with van der Waals surface area (Å²) < 4.78 is 10.9. The van der Waals surface area contributed by atoms with Gasteiger partial charge in [-0.25, -0.2) is 4.79 Å². The number of hydrogen-bond acceptors (Lipinski definition) is 3. The van der Waals surface area contributed by atoms with E-state index in [0.717, 1.165) is 22.6 Å². The Morgan fingerprint density at radius 2 is 1.72 bits per heavy atom. The number of nitrogens with zero attached hydrogens (tertiary/aromatic N) is 1. The van der Waals surface area contributed by atoms with Crippen LogP contribution in [-0.2, 0) is 4.74 Å². The van der Waals surface area contributed by atoms with Crippen molar-refractivity contribution in [1.82, 2.24) is 0 Å². The largest absolute Gasteiger partial charge is 0.497 e. The predicted molar refractivity (Wildman–Crippen MR) is 99.9 cm³/mol. The maximum atomic E-state index is 12.9. The highest BCUT2D eigenvalue weighted by atomic mass is 16.6. The number of para-hydroxylation sites is 1. The highest BCUT2D eigenvalue weighted by molar-refractivity contribution is 5.94. The highest BCUT2D eigenvalue weighted by Crippen LogP contribution is 2.37. The Hall–Kier alpha value is -2.75. The number of amides is 1. The molecule has 1 amide bonds. The Balaban J connectivity index is 2.02. The topological polar surface area (TPSA) is 38.8 Å². The van der Waals surface area contributed by atoms with E-state index in [9.17, 15) is 4.79 Å². The molecule has 1 heterocycles. The normalized spacial score (nSPS) is 16.3. The molecule has 1 aliphatic rings. The lowest BCUT2D eigenvalue weighted by Crippen LogP contribution is -2.40. The van der Waals surface area contributed by atoms with Crippen LogP contribution in [0, 0.1) is 0 Å². The van der Waals surface area contributed by atoms with Gasteiger partial charge in [-0.05, 0) is 50.1 Å². The van der Waals surface area contributed by atoms with Gasteiger partial charge in [-0.15, -0.1) is 0 Å². The van der Waals surface area contributed by atoms with Crippen LogP contribution in [0.1, 0.15) is 37.9 Å². The Bertz CT molecular complexity index is 788. The first-order chi connectivity index (χ1) is 11.9. The lowest BCUT2D eigenvalue weighted by Gasteiger charge is -2.35. The fourth-order valence-electron chi connectivity index (χ4n) is 2.86. The number of benzene rings is 2. The van der Waals surface area contributed by atoms with Crippen molar-refractivity contribution in [1.29, 1.82) is 0 Å². The molecule has 0 N–H and O–H groups in total. The minimum atomic E-state index is -0.558. The smallest absolute Gasteiger partial charge is 0.415 e. The van der Waals surface area contributed by atoms with Gasteiger partial charge in [-0.2, -0.15) is 0 Å². The molecule has 0 aromatic heterocycles. The van der Waals surface area contributed by atoms with Crippen molar-refractivity contribution in [2.24, 2.45) is 0 Å². The van der Waals surface area contributed by atoms with Crippen molar-refractivity contribution in [3.05, 3.63) is 65.7 Å². The summed E-state index contributed by atoms with van der Waals surface area (Å²) in [5, 5.41) is 0. The molecule has 1 aliphatic heterocycles. The lowest BCUT2D eigenvalue weighted by atomic mass is 9.97. The van der Waals surface area contributed by atoms with Crippen molar-refractivity contribution in [2.45, 2.75) is 32.4 Å². The summed E-state index contributed by atoms with van der Waals surface area (Å²) in [6, 6.07) is 15.3. The standard InChI is InChI=1S/C21H23NO3/c1-21(2,3)25-20(23)22-18-8-6-5-7-15(18)11-14-19(22)16-9-12-17(24-4)13-10-16/h5-14,19H,1-4H3/t19-/m1/s1. The van der Waals surface area contributed by atoms with Gasteiger partial charge in [0.05, 0.1) is 18.8 Å². The Morgan fingerprint density at radius 1 is 1.04 bits per heavy atom. The SMILES string of the molecule is COc1ccc([C@H]2C=Cc3ccccc3N2C(=O)OC(C)(C)C)cc1. The summed E-state index contributed by atoms with van der Waals surface area (Å²) in [6.45, 7) is 5.62. The van der Waals surface area contributed by atoms with Gasteiger partial charge in [0.15, 0.2) is 0 Å². The van der Waals surface area contributed by atoms with E-state index >= 15 is 0 Å². The highest BCUT2D eigenvalue weighted by Gasteiger charge is 2.32. The van der Waals surface area contributed by atoms with Crippen LogP contribution < -0.4 is 9.64 Å². The predicted octanol–water partition coefficient (Wildman–Crippen LogP) is 5.20. The molecule has 0 spiro atoms. The van der Waals surface area contributed by atoms with E-state index in [1.165, 1.54) is 0 Å². The van der Waals surface area contributed by atoms with Crippen LogP contribution in [-0.4, -0.2) is 18.8 Å². The summed E-state index contributed by atoms with van der Waals surface area (Å²) in [4.78, 5) is 14.6. The minimum absolute atomic E-state index is 0.226. The monoisotopic (exact) mass is 337 g/mol. The molecule has 0 radical (unpaired) electrons. The number of fused-ring (bicyclic) bond motifs is 1. The molecule has 4 heteroatoms. The Labute approximate surface area is 148 Å². The number of anilines is 1. The molecule has 1 atom stereocenters. The molecular weight excluding hydrogens is 314 g/mol. The average Bonchev–Trinajstić information content (AvgIpc) is 2.59. The third kappa shape index (κ3) is 3.68. The van der Waals surface area contributed by atoms with Crippen LogP contribution in [0.5, 0.6) is 5.75 Å². The van der Waals surface area contributed by atoms with Crippen LogP contribution >= 0.6 is 0 Å². The molecule has 25 heavy (non-hydrogen) atoms. The number of rotatable bonds is 2. The first-order valence-electron chi connectivity index (χ1n) is 8.32. The van der Waals surface area contributed by atoms with E-state index in [1.807, 2.05) is 81.5 Å². The number of carbonyl (C=O) groups is 1. The van der Waals surface area contributed by atoms with E-state index < -0.39 is 5.60 Å². The van der Waals surface area contributed by atoms with E-state index in [-0.39, 0.29) is 12.1 Å².